The van der Waals surface area contributed by atoms with E-state index in [1.807, 2.05) is 25.1 Å². The fraction of sp³-hybridized carbons (Fsp3) is 0.267. The van der Waals surface area contributed by atoms with Gasteiger partial charge >= 0.3 is 0 Å². The molecule has 0 aliphatic heterocycles. The first-order valence-corrected chi connectivity index (χ1v) is 6.24. The second-order valence-electron chi connectivity index (χ2n) is 4.43. The zero-order valence-corrected chi connectivity index (χ0v) is 11.8. The van der Waals surface area contributed by atoms with Crippen LogP contribution in [-0.4, -0.2) is 17.1 Å². The van der Waals surface area contributed by atoms with E-state index in [-0.39, 0.29) is 0 Å². The van der Waals surface area contributed by atoms with Crippen LogP contribution in [0.3, 0.4) is 0 Å². The largest absolute Gasteiger partial charge is 0.496 e. The Bertz CT molecular complexity index is 661. The predicted octanol–water partition coefficient (Wildman–Crippen LogP) is 2.59. The van der Waals surface area contributed by atoms with Gasteiger partial charge in [-0.05, 0) is 36.6 Å². The van der Waals surface area contributed by atoms with E-state index in [2.05, 4.69) is 22.2 Å². The van der Waals surface area contributed by atoms with Gasteiger partial charge in [-0.1, -0.05) is 6.07 Å². The Kier molecular flexibility index (Phi) is 4.16. The lowest BCUT2D eigenvalue weighted by molar-refractivity contribution is 0.411. The summed E-state index contributed by atoms with van der Waals surface area (Å²) >= 11 is 0. The van der Waals surface area contributed by atoms with Crippen LogP contribution in [0.2, 0.25) is 0 Å². The molecule has 5 nitrogen and oxygen atoms in total. The average molecular weight is 268 g/mol. The van der Waals surface area contributed by atoms with Crippen molar-refractivity contribution in [1.29, 1.82) is 5.26 Å². The molecule has 0 aliphatic rings. The molecule has 2 aromatic rings. The van der Waals surface area contributed by atoms with Crippen molar-refractivity contribution in [3.63, 3.8) is 0 Å². The lowest BCUT2D eigenvalue weighted by atomic mass is 10.0. The third-order valence-electron chi connectivity index (χ3n) is 3.31. The summed E-state index contributed by atoms with van der Waals surface area (Å²) < 4.78 is 5.30. The fourth-order valence-electron chi connectivity index (χ4n) is 1.97. The summed E-state index contributed by atoms with van der Waals surface area (Å²) in [7, 11) is 1.67. The first kappa shape index (κ1) is 13.8. The maximum Gasteiger partial charge on any atom is 0.145 e. The molecule has 1 aromatic carbocycles. The third kappa shape index (κ3) is 2.86. The smallest absolute Gasteiger partial charge is 0.145 e. The van der Waals surface area contributed by atoms with Crippen LogP contribution < -0.4 is 10.1 Å². The number of aromatic nitrogens is 2. The summed E-state index contributed by atoms with van der Waals surface area (Å²) in [6.45, 7) is 4.74. The van der Waals surface area contributed by atoms with Gasteiger partial charge in [0.15, 0.2) is 0 Å². The molecule has 1 N–H and O–H groups in total. The fourth-order valence-corrected chi connectivity index (χ4v) is 1.97. The number of hydrogen-bond acceptors (Lipinski definition) is 5. The van der Waals surface area contributed by atoms with E-state index < -0.39 is 0 Å². The zero-order valence-electron chi connectivity index (χ0n) is 11.8. The van der Waals surface area contributed by atoms with E-state index in [9.17, 15) is 0 Å². The standard InChI is InChI=1S/C15H16N4O/c1-10-11(2)14(20-3)5-4-12(10)8-17-15-6-13(7-16)18-9-19-15/h4-6,9H,8H2,1-3H3,(H,17,18,19). The summed E-state index contributed by atoms with van der Waals surface area (Å²) in [6.07, 6.45) is 1.38. The van der Waals surface area contributed by atoms with Crippen molar-refractivity contribution in [2.24, 2.45) is 0 Å². The number of rotatable bonds is 4. The number of methoxy groups -OCH3 is 1. The highest BCUT2D eigenvalue weighted by Crippen LogP contribution is 2.24. The maximum absolute atomic E-state index is 8.80. The molecule has 0 saturated carbocycles. The Morgan fingerprint density at radius 3 is 2.75 bits per heavy atom. The molecule has 0 amide bonds. The SMILES string of the molecule is COc1ccc(CNc2cc(C#N)ncn2)c(C)c1C. The van der Waals surface area contributed by atoms with Gasteiger partial charge in [0.25, 0.3) is 0 Å². The molecule has 5 heteroatoms. The lowest BCUT2D eigenvalue weighted by Crippen LogP contribution is -2.05. The minimum atomic E-state index is 0.352. The van der Waals surface area contributed by atoms with Gasteiger partial charge in [0.05, 0.1) is 7.11 Å². The minimum absolute atomic E-state index is 0.352. The number of benzene rings is 1. The molecule has 0 aliphatic carbocycles. The molecule has 102 valence electrons. The number of nitrogens with one attached hydrogen (secondary N) is 1. The molecule has 0 saturated heterocycles. The minimum Gasteiger partial charge on any atom is -0.496 e. The van der Waals surface area contributed by atoms with Crippen molar-refractivity contribution in [3.8, 4) is 11.8 Å². The van der Waals surface area contributed by atoms with Gasteiger partial charge in [0.1, 0.15) is 29.7 Å². The molecule has 0 radical (unpaired) electrons. The van der Waals surface area contributed by atoms with Crippen molar-refractivity contribution in [2.45, 2.75) is 20.4 Å². The number of ether oxygens (including phenoxy) is 1. The Morgan fingerprint density at radius 2 is 2.05 bits per heavy atom. The van der Waals surface area contributed by atoms with Gasteiger partial charge in [-0.3, -0.25) is 0 Å². The van der Waals surface area contributed by atoms with Crippen molar-refractivity contribution < 1.29 is 4.74 Å². The molecule has 1 heterocycles. The third-order valence-corrected chi connectivity index (χ3v) is 3.31. The van der Waals surface area contributed by atoms with Crippen LogP contribution in [0.1, 0.15) is 22.4 Å². The highest BCUT2D eigenvalue weighted by atomic mass is 16.5. The van der Waals surface area contributed by atoms with Crippen LogP contribution in [0.25, 0.3) is 0 Å². The van der Waals surface area contributed by atoms with E-state index in [0.717, 1.165) is 11.3 Å². The van der Waals surface area contributed by atoms with Gasteiger partial charge in [-0.25, -0.2) is 9.97 Å². The summed E-state index contributed by atoms with van der Waals surface area (Å²) in [5.41, 5.74) is 3.84. The molecule has 0 spiro atoms. The summed E-state index contributed by atoms with van der Waals surface area (Å²) in [4.78, 5) is 7.93. The second kappa shape index (κ2) is 6.02. The van der Waals surface area contributed by atoms with E-state index >= 15 is 0 Å². The number of anilines is 1. The van der Waals surface area contributed by atoms with Gasteiger partial charge in [-0.15, -0.1) is 0 Å². The van der Waals surface area contributed by atoms with Crippen LogP contribution in [0, 0.1) is 25.2 Å². The van der Waals surface area contributed by atoms with Crippen LogP contribution in [0.5, 0.6) is 5.75 Å². The predicted molar refractivity (Wildman–Crippen MR) is 76.5 cm³/mol. The molecule has 20 heavy (non-hydrogen) atoms. The molecular formula is C15H16N4O. The van der Waals surface area contributed by atoms with E-state index in [0.29, 0.717) is 18.1 Å². The second-order valence-corrected chi connectivity index (χ2v) is 4.43. The lowest BCUT2D eigenvalue weighted by Gasteiger charge is -2.13. The monoisotopic (exact) mass is 268 g/mol. The molecule has 2 rings (SSSR count). The van der Waals surface area contributed by atoms with Gasteiger partial charge in [-0.2, -0.15) is 5.26 Å². The van der Waals surface area contributed by atoms with Crippen molar-refractivity contribution in [2.75, 3.05) is 12.4 Å². The number of nitriles is 1. The Balaban J connectivity index is 2.15. The highest BCUT2D eigenvalue weighted by molar-refractivity contribution is 5.46. The van der Waals surface area contributed by atoms with Crippen molar-refractivity contribution >= 4 is 5.82 Å². The molecule has 0 bridgehead atoms. The highest BCUT2D eigenvalue weighted by Gasteiger charge is 2.07. The molecule has 0 atom stereocenters. The Hall–Kier alpha value is -2.61. The van der Waals surface area contributed by atoms with Crippen LogP contribution >= 0.6 is 0 Å². The van der Waals surface area contributed by atoms with Crippen molar-refractivity contribution in [1.82, 2.24) is 9.97 Å². The Morgan fingerprint density at radius 1 is 1.25 bits per heavy atom. The molecule has 0 unspecified atom stereocenters. The maximum atomic E-state index is 8.80. The van der Waals surface area contributed by atoms with Crippen LogP contribution in [0.15, 0.2) is 24.5 Å². The summed E-state index contributed by atoms with van der Waals surface area (Å²) in [6, 6.07) is 7.61. The van der Waals surface area contributed by atoms with Crippen LogP contribution in [0.4, 0.5) is 5.82 Å². The zero-order chi connectivity index (χ0) is 14.5. The van der Waals surface area contributed by atoms with Gasteiger partial charge in [0.2, 0.25) is 0 Å². The van der Waals surface area contributed by atoms with E-state index in [1.54, 1.807) is 13.2 Å². The first-order chi connectivity index (χ1) is 9.65. The average Bonchev–Trinajstić information content (AvgIpc) is 2.49. The van der Waals surface area contributed by atoms with Gasteiger partial charge in [0, 0.05) is 12.6 Å². The molecular weight excluding hydrogens is 252 g/mol. The van der Waals surface area contributed by atoms with E-state index in [1.165, 1.54) is 17.5 Å². The Labute approximate surface area is 118 Å². The van der Waals surface area contributed by atoms with E-state index in [4.69, 9.17) is 10.00 Å². The first-order valence-electron chi connectivity index (χ1n) is 6.24. The van der Waals surface area contributed by atoms with Gasteiger partial charge < -0.3 is 10.1 Å². The number of hydrogen-bond donors (Lipinski definition) is 1. The number of nitrogens with zero attached hydrogens (tertiary/aromatic N) is 3. The normalized spacial score (nSPS) is 9.90. The molecule has 1 aromatic heterocycles. The molecule has 0 fully saturated rings. The summed E-state index contributed by atoms with van der Waals surface area (Å²) in [5, 5.41) is 12.0. The topological polar surface area (TPSA) is 70.8 Å². The quantitative estimate of drug-likeness (QED) is 0.922. The summed E-state index contributed by atoms with van der Waals surface area (Å²) in [5.74, 6) is 1.53. The van der Waals surface area contributed by atoms with Crippen LogP contribution in [-0.2, 0) is 6.54 Å². The van der Waals surface area contributed by atoms with Crippen molar-refractivity contribution in [3.05, 3.63) is 46.9 Å².